The summed E-state index contributed by atoms with van der Waals surface area (Å²) in [7, 11) is 0. The van der Waals surface area contributed by atoms with Gasteiger partial charge in [0.25, 0.3) is 12.1 Å². The Balaban J connectivity index is 0.00000225. The summed E-state index contributed by atoms with van der Waals surface area (Å²) in [6.07, 6.45) is -2.98. The van der Waals surface area contributed by atoms with Crippen molar-refractivity contribution >= 4 is 18.1 Å². The smallest absolute Gasteiger partial charge is 0.274 e. The van der Waals surface area contributed by atoms with Crippen LogP contribution in [0.4, 0.5) is 18.9 Å². The molecule has 0 aliphatic rings. The average Bonchev–Trinajstić information content (AvgIpc) is 2.15. The molecule has 8 heteroatoms. The molecule has 90 valence electrons. The normalized spacial score (nSPS) is 12.1. The van der Waals surface area contributed by atoms with Gasteiger partial charge < -0.3 is 5.73 Å². The molecule has 0 aliphatic heterocycles. The van der Waals surface area contributed by atoms with Crippen LogP contribution in [0.15, 0.2) is 18.2 Å². The van der Waals surface area contributed by atoms with Crippen LogP contribution >= 0.6 is 12.4 Å². The van der Waals surface area contributed by atoms with E-state index in [0.717, 1.165) is 12.1 Å². The largest absolute Gasteiger partial charge is 0.319 e. The van der Waals surface area contributed by atoms with E-state index in [-0.39, 0.29) is 12.4 Å². The number of nitro benzene ring substituents is 1. The van der Waals surface area contributed by atoms with Crippen molar-refractivity contribution in [3.05, 3.63) is 39.7 Å². The van der Waals surface area contributed by atoms with E-state index < -0.39 is 34.5 Å². The molecule has 0 fully saturated rings. The van der Waals surface area contributed by atoms with Crippen molar-refractivity contribution in [1.29, 1.82) is 0 Å². The molecule has 16 heavy (non-hydrogen) atoms. The molecule has 1 atom stereocenters. The lowest BCUT2D eigenvalue weighted by Crippen LogP contribution is -2.20. The van der Waals surface area contributed by atoms with Gasteiger partial charge in [-0.1, -0.05) is 0 Å². The lowest BCUT2D eigenvalue weighted by Gasteiger charge is -2.10. The summed E-state index contributed by atoms with van der Waals surface area (Å²) < 4.78 is 37.1. The summed E-state index contributed by atoms with van der Waals surface area (Å²) >= 11 is 0. The fourth-order valence-electron chi connectivity index (χ4n) is 1.09. The third-order valence-corrected chi connectivity index (χ3v) is 1.82. The van der Waals surface area contributed by atoms with Crippen molar-refractivity contribution in [2.75, 3.05) is 0 Å². The molecule has 0 bridgehead atoms. The van der Waals surface area contributed by atoms with E-state index in [1.54, 1.807) is 0 Å². The summed E-state index contributed by atoms with van der Waals surface area (Å²) in [5.74, 6) is -0.841. The number of halogens is 4. The Morgan fingerprint density at radius 2 is 1.94 bits per heavy atom. The predicted octanol–water partition coefficient (Wildman–Crippen LogP) is 2.42. The lowest BCUT2D eigenvalue weighted by atomic mass is 10.1. The van der Waals surface area contributed by atoms with E-state index in [1.807, 2.05) is 0 Å². The summed E-state index contributed by atoms with van der Waals surface area (Å²) in [4.78, 5) is 9.56. The highest BCUT2D eigenvalue weighted by Gasteiger charge is 2.26. The molecule has 1 rings (SSSR count). The quantitative estimate of drug-likeness (QED) is 0.667. The number of hydrogen-bond acceptors (Lipinski definition) is 3. The van der Waals surface area contributed by atoms with Crippen molar-refractivity contribution in [3.63, 3.8) is 0 Å². The van der Waals surface area contributed by atoms with Crippen LogP contribution in [0.3, 0.4) is 0 Å². The van der Waals surface area contributed by atoms with Gasteiger partial charge in [0.05, 0.1) is 16.5 Å². The molecule has 0 aliphatic carbocycles. The van der Waals surface area contributed by atoms with Crippen molar-refractivity contribution in [2.45, 2.75) is 12.5 Å². The van der Waals surface area contributed by atoms with Crippen LogP contribution in [0.25, 0.3) is 0 Å². The average molecular weight is 257 g/mol. The van der Waals surface area contributed by atoms with Crippen LogP contribution in [0.2, 0.25) is 0 Å². The Morgan fingerprint density at radius 3 is 2.38 bits per heavy atom. The van der Waals surface area contributed by atoms with Crippen molar-refractivity contribution in [3.8, 4) is 0 Å². The van der Waals surface area contributed by atoms with E-state index in [0.29, 0.717) is 6.07 Å². The van der Waals surface area contributed by atoms with Crippen molar-refractivity contribution in [2.24, 2.45) is 5.73 Å². The van der Waals surface area contributed by atoms with Gasteiger partial charge in [0, 0.05) is 6.07 Å². The van der Waals surface area contributed by atoms with E-state index in [2.05, 4.69) is 0 Å². The van der Waals surface area contributed by atoms with Crippen LogP contribution in [0, 0.1) is 15.9 Å². The summed E-state index contributed by atoms with van der Waals surface area (Å²) in [6, 6.07) is 0.419. The van der Waals surface area contributed by atoms with Crippen LogP contribution in [0.1, 0.15) is 11.6 Å². The molecule has 1 aromatic carbocycles. The van der Waals surface area contributed by atoms with E-state index in [9.17, 15) is 23.3 Å². The maximum Gasteiger partial charge on any atom is 0.274 e. The number of nitro groups is 1. The van der Waals surface area contributed by atoms with Gasteiger partial charge >= 0.3 is 0 Å². The molecular weight excluding hydrogens is 249 g/mol. The molecule has 1 aromatic rings. The first-order valence-electron chi connectivity index (χ1n) is 3.91. The fourth-order valence-corrected chi connectivity index (χ4v) is 1.09. The number of hydrogen-bond donors (Lipinski definition) is 1. The highest BCUT2D eigenvalue weighted by atomic mass is 35.5. The zero-order chi connectivity index (χ0) is 11.6. The van der Waals surface area contributed by atoms with Gasteiger partial charge in [-0.15, -0.1) is 12.4 Å². The second kappa shape index (κ2) is 5.66. The van der Waals surface area contributed by atoms with E-state index in [4.69, 9.17) is 5.73 Å². The minimum Gasteiger partial charge on any atom is -0.319 e. The maximum absolute atomic E-state index is 12.7. The molecule has 4 nitrogen and oxygen atoms in total. The Bertz CT molecular complexity index is 390. The highest BCUT2D eigenvalue weighted by molar-refractivity contribution is 5.85. The second-order valence-corrected chi connectivity index (χ2v) is 2.82. The molecule has 0 amide bonds. The van der Waals surface area contributed by atoms with Gasteiger partial charge in [-0.2, -0.15) is 0 Å². The Labute approximate surface area is 94.8 Å². The second-order valence-electron chi connectivity index (χ2n) is 2.82. The number of alkyl halides is 2. The van der Waals surface area contributed by atoms with E-state index in [1.165, 1.54) is 0 Å². The van der Waals surface area contributed by atoms with Gasteiger partial charge in [-0.05, 0) is 12.1 Å². The maximum atomic E-state index is 12.7. The zero-order valence-electron chi connectivity index (χ0n) is 7.77. The molecule has 0 aromatic heterocycles. The predicted molar refractivity (Wildman–Crippen MR) is 53.2 cm³/mol. The molecule has 2 N–H and O–H groups in total. The van der Waals surface area contributed by atoms with Crippen LogP contribution in [-0.4, -0.2) is 11.3 Å². The van der Waals surface area contributed by atoms with Crippen LogP contribution in [0.5, 0.6) is 0 Å². The van der Waals surface area contributed by atoms with Gasteiger partial charge in [-0.25, -0.2) is 13.2 Å². The van der Waals surface area contributed by atoms with Crippen LogP contribution in [-0.2, 0) is 0 Å². The number of nitrogens with zero attached hydrogens (tertiary/aromatic N) is 1. The van der Waals surface area contributed by atoms with E-state index >= 15 is 0 Å². The monoisotopic (exact) mass is 256 g/mol. The zero-order valence-corrected chi connectivity index (χ0v) is 8.59. The number of nitrogens with two attached hydrogens (primary N) is 1. The number of benzene rings is 1. The molecular formula is C8H8ClF3N2O2. The minimum absolute atomic E-state index is 0. The molecule has 0 spiro atoms. The van der Waals surface area contributed by atoms with Crippen molar-refractivity contribution < 1.29 is 18.1 Å². The molecule has 0 heterocycles. The van der Waals surface area contributed by atoms with Gasteiger partial charge in [0.15, 0.2) is 0 Å². The summed E-state index contributed by atoms with van der Waals surface area (Å²) in [5, 5.41) is 10.4. The Kier molecular flexibility index (Phi) is 5.19. The summed E-state index contributed by atoms with van der Waals surface area (Å²) in [5.41, 5.74) is 3.91. The Morgan fingerprint density at radius 1 is 1.38 bits per heavy atom. The lowest BCUT2D eigenvalue weighted by molar-refractivity contribution is -0.385. The third kappa shape index (κ3) is 3.07. The Hall–Kier alpha value is -1.34. The van der Waals surface area contributed by atoms with Gasteiger partial charge in [0.2, 0.25) is 0 Å². The minimum atomic E-state index is -2.98. The number of rotatable bonds is 3. The molecule has 0 saturated carbocycles. The highest BCUT2D eigenvalue weighted by Crippen LogP contribution is 2.27. The SMILES string of the molecule is Cl.N[C@@H](c1cc(F)ccc1[N+](=O)[O-])C(F)F. The molecule has 0 saturated heterocycles. The van der Waals surface area contributed by atoms with Gasteiger partial charge in [0.1, 0.15) is 5.82 Å². The van der Waals surface area contributed by atoms with Crippen molar-refractivity contribution in [1.82, 2.24) is 0 Å². The van der Waals surface area contributed by atoms with Gasteiger partial charge in [-0.3, -0.25) is 10.1 Å². The first-order valence-corrected chi connectivity index (χ1v) is 3.91. The topological polar surface area (TPSA) is 69.2 Å². The first-order chi connectivity index (χ1) is 6.93. The molecule has 0 radical (unpaired) electrons. The first kappa shape index (κ1) is 14.7. The fraction of sp³-hybridized carbons (Fsp3) is 0.250. The third-order valence-electron chi connectivity index (χ3n) is 1.82. The standard InChI is InChI=1S/C8H7F3N2O2.ClH/c9-4-1-2-6(13(14)15)5(3-4)7(12)8(10)11;/h1-3,7-8H,12H2;1H/t7-;/m0./s1. The molecule has 0 unspecified atom stereocenters. The summed E-state index contributed by atoms with van der Waals surface area (Å²) in [6.45, 7) is 0. The van der Waals surface area contributed by atoms with Crippen LogP contribution < -0.4 is 5.73 Å².